The highest BCUT2D eigenvalue weighted by atomic mass is 35.5. The molecule has 6 heteroatoms. The van der Waals surface area contributed by atoms with Crippen molar-refractivity contribution in [3.8, 4) is 5.75 Å². The first kappa shape index (κ1) is 15.5. The van der Waals surface area contributed by atoms with Gasteiger partial charge in [0.15, 0.2) is 0 Å². The minimum atomic E-state index is -0.550. The lowest BCUT2D eigenvalue weighted by molar-refractivity contribution is 0.215. The molecule has 0 saturated heterocycles. The second-order valence-electron chi connectivity index (χ2n) is 5.69. The number of aromatic nitrogens is 2. The molecule has 0 atom stereocenters. The summed E-state index contributed by atoms with van der Waals surface area (Å²) in [4.78, 5) is 19.6. The Morgan fingerprint density at radius 3 is 2.80 bits per heavy atom. The lowest BCUT2D eigenvalue weighted by Gasteiger charge is -2.06. The maximum Gasteiger partial charge on any atom is 0.417 e. The molecular formula is C19H14ClN3O2. The van der Waals surface area contributed by atoms with Gasteiger partial charge in [-0.25, -0.2) is 9.78 Å². The van der Waals surface area contributed by atoms with E-state index in [1.54, 1.807) is 30.5 Å². The summed E-state index contributed by atoms with van der Waals surface area (Å²) >= 11 is 6.26. The van der Waals surface area contributed by atoms with E-state index in [0.717, 1.165) is 27.4 Å². The molecule has 0 unspecified atom stereocenters. The van der Waals surface area contributed by atoms with E-state index >= 15 is 0 Å². The molecule has 2 aromatic carbocycles. The number of fused-ring (bicyclic) bond motifs is 3. The number of anilines is 1. The number of halogens is 1. The molecule has 5 nitrogen and oxygen atoms in total. The van der Waals surface area contributed by atoms with Crippen LogP contribution in [-0.2, 0) is 0 Å². The molecule has 4 rings (SSSR count). The molecule has 0 fully saturated rings. The van der Waals surface area contributed by atoms with E-state index in [1.807, 2.05) is 31.2 Å². The molecule has 0 radical (unpaired) electrons. The van der Waals surface area contributed by atoms with Crippen LogP contribution in [-0.4, -0.2) is 16.1 Å². The maximum atomic E-state index is 12.1. The number of nitrogens with one attached hydrogen (secondary N) is 2. The molecule has 0 saturated carbocycles. The Bertz CT molecular complexity index is 1090. The third-order valence-corrected chi connectivity index (χ3v) is 4.26. The Hall–Kier alpha value is -3.05. The summed E-state index contributed by atoms with van der Waals surface area (Å²) in [6.07, 6.45) is 1.18. The van der Waals surface area contributed by atoms with E-state index in [-0.39, 0.29) is 0 Å². The van der Waals surface area contributed by atoms with Gasteiger partial charge in [0.2, 0.25) is 0 Å². The molecule has 0 spiro atoms. The third-order valence-electron chi connectivity index (χ3n) is 3.97. The molecule has 4 aromatic rings. The van der Waals surface area contributed by atoms with Crippen molar-refractivity contribution in [2.75, 3.05) is 5.32 Å². The van der Waals surface area contributed by atoms with Gasteiger partial charge in [0, 0.05) is 28.2 Å². The molecule has 0 aliphatic carbocycles. The topological polar surface area (TPSA) is 67.0 Å². The monoisotopic (exact) mass is 351 g/mol. The van der Waals surface area contributed by atoms with Gasteiger partial charge < -0.3 is 9.72 Å². The van der Waals surface area contributed by atoms with Crippen LogP contribution in [0.3, 0.4) is 0 Å². The molecule has 1 amide bonds. The third kappa shape index (κ3) is 2.90. The van der Waals surface area contributed by atoms with Crippen LogP contribution in [0.25, 0.3) is 21.8 Å². The Morgan fingerprint density at radius 2 is 2.00 bits per heavy atom. The molecule has 2 heterocycles. The number of aryl methyl sites for hydroxylation is 1. The molecule has 2 aromatic heterocycles. The Balaban J connectivity index is 1.68. The molecule has 124 valence electrons. The van der Waals surface area contributed by atoms with Crippen molar-refractivity contribution in [2.24, 2.45) is 0 Å². The number of hydrogen-bond acceptors (Lipinski definition) is 3. The van der Waals surface area contributed by atoms with E-state index in [9.17, 15) is 4.79 Å². The van der Waals surface area contributed by atoms with Crippen LogP contribution in [0.2, 0.25) is 5.15 Å². The number of rotatable bonds is 2. The van der Waals surface area contributed by atoms with Crippen LogP contribution in [0.4, 0.5) is 10.5 Å². The summed E-state index contributed by atoms with van der Waals surface area (Å²) in [5, 5.41) is 4.78. The number of carbonyl (C=O) groups excluding carboxylic acids is 1. The lowest BCUT2D eigenvalue weighted by Crippen LogP contribution is -2.16. The lowest BCUT2D eigenvalue weighted by atomic mass is 10.1. The number of pyridine rings is 1. The number of benzene rings is 2. The Morgan fingerprint density at radius 1 is 1.20 bits per heavy atom. The van der Waals surface area contributed by atoms with Crippen molar-refractivity contribution in [1.82, 2.24) is 9.97 Å². The number of hydrogen-bond donors (Lipinski definition) is 2. The van der Waals surface area contributed by atoms with Gasteiger partial charge in [-0.05, 0) is 42.8 Å². The van der Waals surface area contributed by atoms with Crippen molar-refractivity contribution >= 4 is 45.2 Å². The highest BCUT2D eigenvalue weighted by molar-refractivity contribution is 6.36. The van der Waals surface area contributed by atoms with Gasteiger partial charge in [-0.1, -0.05) is 29.8 Å². The zero-order valence-electron chi connectivity index (χ0n) is 13.3. The largest absolute Gasteiger partial charge is 0.417 e. The van der Waals surface area contributed by atoms with Crippen LogP contribution in [0.1, 0.15) is 5.56 Å². The second-order valence-corrected chi connectivity index (χ2v) is 6.05. The van der Waals surface area contributed by atoms with E-state index < -0.39 is 6.09 Å². The fraction of sp³-hybridized carbons (Fsp3) is 0.0526. The quantitative estimate of drug-likeness (QED) is 0.482. The maximum absolute atomic E-state index is 12.1. The minimum absolute atomic E-state index is 0.415. The van der Waals surface area contributed by atoms with Gasteiger partial charge in [0.25, 0.3) is 0 Å². The first-order valence-electron chi connectivity index (χ1n) is 7.72. The number of aromatic amines is 1. The summed E-state index contributed by atoms with van der Waals surface area (Å²) in [6, 6.07) is 14.5. The summed E-state index contributed by atoms with van der Waals surface area (Å²) in [6.45, 7) is 1.96. The highest BCUT2D eigenvalue weighted by Crippen LogP contribution is 2.33. The van der Waals surface area contributed by atoms with E-state index in [4.69, 9.17) is 16.3 Å². The number of H-pyrrole nitrogens is 1. The molecule has 2 N–H and O–H groups in total. The Kier molecular flexibility index (Phi) is 3.78. The zero-order chi connectivity index (χ0) is 17.4. The number of nitrogens with zero attached hydrogens (tertiary/aromatic N) is 1. The van der Waals surface area contributed by atoms with Crippen molar-refractivity contribution in [3.63, 3.8) is 0 Å². The fourth-order valence-corrected chi connectivity index (χ4v) is 3.04. The number of para-hydroxylation sites is 1. The van der Waals surface area contributed by atoms with E-state index in [0.29, 0.717) is 16.6 Å². The van der Waals surface area contributed by atoms with Crippen LogP contribution in [0, 0.1) is 6.92 Å². The molecule has 25 heavy (non-hydrogen) atoms. The molecule has 0 aliphatic rings. The van der Waals surface area contributed by atoms with Gasteiger partial charge in [0.05, 0.1) is 5.52 Å². The molecule has 0 aliphatic heterocycles. The van der Waals surface area contributed by atoms with Gasteiger partial charge in [-0.2, -0.15) is 0 Å². The zero-order valence-corrected chi connectivity index (χ0v) is 14.1. The van der Waals surface area contributed by atoms with Gasteiger partial charge in [-0.3, -0.25) is 5.32 Å². The van der Waals surface area contributed by atoms with Gasteiger partial charge in [0.1, 0.15) is 10.9 Å². The van der Waals surface area contributed by atoms with Crippen molar-refractivity contribution < 1.29 is 9.53 Å². The van der Waals surface area contributed by atoms with E-state index in [1.165, 1.54) is 0 Å². The van der Waals surface area contributed by atoms with Crippen LogP contribution in [0.15, 0.2) is 54.7 Å². The summed E-state index contributed by atoms with van der Waals surface area (Å²) in [7, 11) is 0. The average molecular weight is 352 g/mol. The normalized spacial score (nSPS) is 11.0. The average Bonchev–Trinajstić information content (AvgIpc) is 2.99. The summed E-state index contributed by atoms with van der Waals surface area (Å²) < 4.78 is 5.39. The predicted molar refractivity (Wildman–Crippen MR) is 99.4 cm³/mol. The number of amides is 1. The van der Waals surface area contributed by atoms with Crippen LogP contribution < -0.4 is 10.1 Å². The highest BCUT2D eigenvalue weighted by Gasteiger charge is 2.13. The fourth-order valence-electron chi connectivity index (χ4n) is 2.80. The first-order chi connectivity index (χ1) is 12.1. The van der Waals surface area contributed by atoms with Crippen LogP contribution >= 0.6 is 11.6 Å². The SMILES string of the molecule is Cc1cnc(Cl)c2c1[nH]c1ccc(OC(=O)Nc3ccccc3)cc12. The summed E-state index contributed by atoms with van der Waals surface area (Å²) in [5.41, 5.74) is 3.51. The van der Waals surface area contributed by atoms with E-state index in [2.05, 4.69) is 15.3 Å². The predicted octanol–water partition coefficient (Wildman–Crippen LogP) is 5.29. The van der Waals surface area contributed by atoms with Gasteiger partial charge in [-0.15, -0.1) is 0 Å². The standard InChI is InChI=1S/C19H14ClN3O2/c1-11-10-21-18(20)16-14-9-13(7-8-15(14)23-17(11)16)25-19(24)22-12-5-3-2-4-6-12/h2-10,23H,1H3,(H,22,24). The van der Waals surface area contributed by atoms with Crippen molar-refractivity contribution in [2.45, 2.75) is 6.92 Å². The van der Waals surface area contributed by atoms with Gasteiger partial charge >= 0.3 is 6.09 Å². The summed E-state index contributed by atoms with van der Waals surface area (Å²) in [5.74, 6) is 0.430. The molecular weight excluding hydrogens is 338 g/mol. The molecule has 0 bridgehead atoms. The second kappa shape index (κ2) is 6.11. The number of carbonyl (C=O) groups is 1. The Labute approximate surface area is 148 Å². The van der Waals surface area contributed by atoms with Crippen LogP contribution in [0.5, 0.6) is 5.75 Å². The smallest absolute Gasteiger partial charge is 0.410 e. The van der Waals surface area contributed by atoms with Crippen molar-refractivity contribution in [1.29, 1.82) is 0 Å². The minimum Gasteiger partial charge on any atom is -0.410 e. The first-order valence-corrected chi connectivity index (χ1v) is 8.10. The number of ether oxygens (including phenoxy) is 1. The van der Waals surface area contributed by atoms with Crippen molar-refractivity contribution in [3.05, 3.63) is 65.4 Å².